The van der Waals surface area contributed by atoms with Crippen molar-refractivity contribution in [3.05, 3.63) is 30.6 Å². The first-order chi connectivity index (χ1) is 9.39. The first-order valence-corrected chi connectivity index (χ1v) is 7.68. The first kappa shape index (κ1) is 17.3. The zero-order valence-electron chi connectivity index (χ0n) is 13.4. The third-order valence-corrected chi connectivity index (χ3v) is 3.54. The lowest BCUT2D eigenvalue weighted by atomic mass is 9.94. The molecule has 115 valence electrons. The molecule has 1 atom stereocenters. The van der Waals surface area contributed by atoms with Gasteiger partial charge in [0, 0.05) is 18.5 Å². The number of aliphatic hydroxyl groups is 1. The predicted octanol–water partition coefficient (Wildman–Crippen LogP) is 3.58. The van der Waals surface area contributed by atoms with Crippen LogP contribution >= 0.6 is 0 Å². The third kappa shape index (κ3) is 7.71. The quantitative estimate of drug-likeness (QED) is 0.688. The van der Waals surface area contributed by atoms with Crippen molar-refractivity contribution in [1.82, 2.24) is 5.32 Å². The van der Waals surface area contributed by atoms with Crippen LogP contribution in [0.5, 0.6) is 0 Å². The van der Waals surface area contributed by atoms with Crippen LogP contribution in [0, 0.1) is 12.3 Å². The Morgan fingerprint density at radius 3 is 2.75 bits per heavy atom. The number of aliphatic hydroxyl groups excluding tert-OH is 1. The van der Waals surface area contributed by atoms with Crippen LogP contribution in [0.2, 0.25) is 0 Å². The number of rotatable bonds is 10. The Balaban J connectivity index is 2.16. The van der Waals surface area contributed by atoms with Crippen LogP contribution in [-0.2, 0) is 6.42 Å². The normalized spacial score (nSPS) is 13.9. The van der Waals surface area contributed by atoms with Crippen LogP contribution in [0.1, 0.15) is 52.7 Å². The topological polar surface area (TPSA) is 45.4 Å². The molecule has 0 unspecified atom stereocenters. The molecule has 1 aromatic heterocycles. The van der Waals surface area contributed by atoms with Crippen molar-refractivity contribution in [2.24, 2.45) is 5.92 Å². The molecule has 1 rings (SSSR count). The van der Waals surface area contributed by atoms with Crippen LogP contribution in [0.4, 0.5) is 0 Å². The second-order valence-electron chi connectivity index (χ2n) is 6.64. The Hall–Kier alpha value is -0.800. The highest BCUT2D eigenvalue weighted by atomic mass is 16.3. The van der Waals surface area contributed by atoms with Crippen LogP contribution in [0.3, 0.4) is 0 Å². The SMILES string of the molecule is CC(C)CCCC(C)(C)NC[C@H](O)[CH]Cc1ccco1. The summed E-state index contributed by atoms with van der Waals surface area (Å²) in [5.41, 5.74) is 0.0778. The Labute approximate surface area is 123 Å². The Kier molecular flexibility index (Phi) is 7.31. The molecular weight excluding hydrogens is 250 g/mol. The van der Waals surface area contributed by atoms with E-state index >= 15 is 0 Å². The summed E-state index contributed by atoms with van der Waals surface area (Å²) in [7, 11) is 0. The van der Waals surface area contributed by atoms with E-state index in [1.165, 1.54) is 12.8 Å². The minimum atomic E-state index is -0.440. The molecule has 0 aliphatic carbocycles. The summed E-state index contributed by atoms with van der Waals surface area (Å²) in [5, 5.41) is 13.4. The van der Waals surface area contributed by atoms with E-state index < -0.39 is 6.10 Å². The van der Waals surface area contributed by atoms with Crippen molar-refractivity contribution in [2.45, 2.75) is 65.0 Å². The minimum absolute atomic E-state index is 0.0778. The van der Waals surface area contributed by atoms with Gasteiger partial charge in [-0.25, -0.2) is 0 Å². The monoisotopic (exact) mass is 280 g/mol. The van der Waals surface area contributed by atoms with Gasteiger partial charge in [-0.3, -0.25) is 0 Å². The molecule has 0 aromatic carbocycles. The maximum absolute atomic E-state index is 9.97. The standard InChI is InChI=1S/C17H30NO2/c1-14(2)7-5-11-17(3,4)18-13-15(19)9-10-16-8-6-12-20-16/h6,8-9,12,14-15,18-19H,5,7,10-11,13H2,1-4H3/t15-/m1/s1. The van der Waals surface area contributed by atoms with Gasteiger partial charge in [-0.05, 0) is 44.7 Å². The fraction of sp³-hybridized carbons (Fsp3) is 0.706. The molecule has 0 spiro atoms. The van der Waals surface area contributed by atoms with Gasteiger partial charge in [0.2, 0.25) is 0 Å². The lowest BCUT2D eigenvalue weighted by molar-refractivity contribution is 0.180. The molecule has 1 radical (unpaired) electrons. The molecule has 0 saturated heterocycles. The zero-order valence-corrected chi connectivity index (χ0v) is 13.4. The zero-order chi connectivity index (χ0) is 15.0. The number of furan rings is 1. The Morgan fingerprint density at radius 1 is 1.40 bits per heavy atom. The van der Waals surface area contributed by atoms with Crippen molar-refractivity contribution in [2.75, 3.05) is 6.54 Å². The summed E-state index contributed by atoms with van der Waals surface area (Å²) in [6.45, 7) is 9.51. The number of hydrogen-bond donors (Lipinski definition) is 2. The van der Waals surface area contributed by atoms with Gasteiger partial charge >= 0.3 is 0 Å². The molecule has 0 aliphatic rings. The van der Waals surface area contributed by atoms with Gasteiger partial charge in [0.05, 0.1) is 12.4 Å². The van der Waals surface area contributed by atoms with Crippen molar-refractivity contribution in [3.8, 4) is 0 Å². The third-order valence-electron chi connectivity index (χ3n) is 3.54. The van der Waals surface area contributed by atoms with Gasteiger partial charge in [-0.2, -0.15) is 0 Å². The number of β-amino-alcohol motifs (C(OH)–C–C–N with tert-alkyl or cyclic N) is 1. The number of nitrogens with one attached hydrogen (secondary N) is 1. The molecule has 3 heteroatoms. The van der Waals surface area contributed by atoms with E-state index in [4.69, 9.17) is 4.42 Å². The molecule has 3 nitrogen and oxygen atoms in total. The Morgan fingerprint density at radius 2 is 2.15 bits per heavy atom. The van der Waals surface area contributed by atoms with Gasteiger partial charge in [0.1, 0.15) is 5.76 Å². The summed E-state index contributed by atoms with van der Waals surface area (Å²) in [4.78, 5) is 0. The predicted molar refractivity (Wildman–Crippen MR) is 83.5 cm³/mol. The van der Waals surface area contributed by atoms with Gasteiger partial charge in [0.25, 0.3) is 0 Å². The molecule has 1 heterocycles. The van der Waals surface area contributed by atoms with Crippen LogP contribution in [-0.4, -0.2) is 23.3 Å². The molecule has 0 bridgehead atoms. The summed E-state index contributed by atoms with van der Waals surface area (Å²) >= 11 is 0. The summed E-state index contributed by atoms with van der Waals surface area (Å²) < 4.78 is 5.24. The number of hydrogen-bond acceptors (Lipinski definition) is 3. The van der Waals surface area contributed by atoms with Crippen LogP contribution < -0.4 is 5.32 Å². The smallest absolute Gasteiger partial charge is 0.104 e. The first-order valence-electron chi connectivity index (χ1n) is 7.68. The Bertz CT molecular complexity index is 344. The van der Waals surface area contributed by atoms with Crippen LogP contribution in [0.15, 0.2) is 22.8 Å². The molecule has 0 fully saturated rings. The maximum atomic E-state index is 9.97. The minimum Gasteiger partial charge on any atom is -0.469 e. The molecular formula is C17H30NO2. The molecule has 0 saturated carbocycles. The highest BCUT2D eigenvalue weighted by Gasteiger charge is 2.18. The highest BCUT2D eigenvalue weighted by molar-refractivity contribution is 5.02. The van der Waals surface area contributed by atoms with E-state index in [2.05, 4.69) is 33.0 Å². The maximum Gasteiger partial charge on any atom is 0.104 e. The van der Waals surface area contributed by atoms with Crippen molar-refractivity contribution < 1.29 is 9.52 Å². The second-order valence-corrected chi connectivity index (χ2v) is 6.64. The molecule has 1 aromatic rings. The largest absolute Gasteiger partial charge is 0.469 e. The van der Waals surface area contributed by atoms with E-state index in [0.29, 0.717) is 13.0 Å². The lowest BCUT2D eigenvalue weighted by Crippen LogP contribution is -2.43. The molecule has 20 heavy (non-hydrogen) atoms. The fourth-order valence-electron chi connectivity index (χ4n) is 2.19. The average Bonchev–Trinajstić information content (AvgIpc) is 2.86. The summed E-state index contributed by atoms with van der Waals surface area (Å²) in [6, 6.07) is 3.79. The lowest BCUT2D eigenvalue weighted by Gasteiger charge is -2.28. The van der Waals surface area contributed by atoms with E-state index in [1.54, 1.807) is 6.26 Å². The van der Waals surface area contributed by atoms with E-state index in [9.17, 15) is 5.11 Å². The fourth-order valence-corrected chi connectivity index (χ4v) is 2.19. The van der Waals surface area contributed by atoms with Gasteiger partial charge in [-0.1, -0.05) is 26.7 Å². The van der Waals surface area contributed by atoms with Gasteiger partial charge < -0.3 is 14.8 Å². The highest BCUT2D eigenvalue weighted by Crippen LogP contribution is 2.16. The summed E-state index contributed by atoms with van der Waals surface area (Å²) in [5.74, 6) is 1.65. The average molecular weight is 280 g/mol. The van der Waals surface area contributed by atoms with E-state index in [0.717, 1.165) is 18.1 Å². The summed E-state index contributed by atoms with van der Waals surface area (Å²) in [6.07, 6.45) is 7.40. The van der Waals surface area contributed by atoms with E-state index in [1.807, 2.05) is 18.6 Å². The van der Waals surface area contributed by atoms with Crippen molar-refractivity contribution >= 4 is 0 Å². The van der Waals surface area contributed by atoms with Crippen molar-refractivity contribution in [1.29, 1.82) is 0 Å². The molecule has 0 aliphatic heterocycles. The van der Waals surface area contributed by atoms with Gasteiger partial charge in [0.15, 0.2) is 0 Å². The molecule has 0 amide bonds. The van der Waals surface area contributed by atoms with E-state index in [-0.39, 0.29) is 5.54 Å². The van der Waals surface area contributed by atoms with Crippen LogP contribution in [0.25, 0.3) is 0 Å². The molecule has 2 N–H and O–H groups in total. The second kappa shape index (κ2) is 8.48. The van der Waals surface area contributed by atoms with Gasteiger partial charge in [-0.15, -0.1) is 0 Å². The van der Waals surface area contributed by atoms with Crippen molar-refractivity contribution in [3.63, 3.8) is 0 Å².